The number of benzene rings is 2. The van der Waals surface area contributed by atoms with E-state index in [2.05, 4.69) is 15.9 Å². The molecule has 5 heteroatoms. The lowest BCUT2D eigenvalue weighted by atomic mass is 9.96. The van der Waals surface area contributed by atoms with Gasteiger partial charge in [-0.1, -0.05) is 30.3 Å². The quantitative estimate of drug-likeness (QED) is 0.825. The zero-order chi connectivity index (χ0) is 16.1. The molecule has 2 aromatic rings. The van der Waals surface area contributed by atoms with Crippen LogP contribution in [0.1, 0.15) is 17.2 Å². The van der Waals surface area contributed by atoms with Gasteiger partial charge in [0, 0.05) is 6.42 Å². The largest absolute Gasteiger partial charge is 0.495 e. The maximum atomic E-state index is 10.4. The highest BCUT2D eigenvalue weighted by atomic mass is 79.9. The van der Waals surface area contributed by atoms with Crippen LogP contribution in [0.4, 0.5) is 0 Å². The summed E-state index contributed by atoms with van der Waals surface area (Å²) in [4.78, 5) is 0. The Bertz CT molecular complexity index is 594. The summed E-state index contributed by atoms with van der Waals surface area (Å²) < 4.78 is 11.4. The molecule has 4 nitrogen and oxygen atoms in total. The smallest absolute Gasteiger partial charge is 0.137 e. The lowest BCUT2D eigenvalue weighted by molar-refractivity contribution is 0.145. The number of aliphatic hydroxyl groups excluding tert-OH is 1. The summed E-state index contributed by atoms with van der Waals surface area (Å²) in [7, 11) is 3.16. The van der Waals surface area contributed by atoms with E-state index >= 15 is 0 Å². The Balaban J connectivity index is 2.23. The van der Waals surface area contributed by atoms with Crippen molar-refractivity contribution in [1.29, 1.82) is 0 Å². The Morgan fingerprint density at radius 3 is 2.14 bits per heavy atom. The van der Waals surface area contributed by atoms with Crippen LogP contribution in [0.5, 0.6) is 11.5 Å². The van der Waals surface area contributed by atoms with Gasteiger partial charge in [0.2, 0.25) is 0 Å². The first kappa shape index (κ1) is 16.8. The van der Waals surface area contributed by atoms with Gasteiger partial charge < -0.3 is 20.3 Å². The Morgan fingerprint density at radius 2 is 1.64 bits per heavy atom. The minimum atomic E-state index is -0.696. The second kappa shape index (κ2) is 7.63. The predicted octanol–water partition coefficient (Wildman–Crippen LogP) is 3.07. The van der Waals surface area contributed by atoms with Gasteiger partial charge in [0.05, 0.1) is 26.4 Å². The minimum absolute atomic E-state index is 0.489. The summed E-state index contributed by atoms with van der Waals surface area (Å²) in [5, 5.41) is 10.4. The first-order valence-electron chi connectivity index (χ1n) is 6.95. The number of nitrogens with two attached hydrogens (primary N) is 1. The lowest BCUT2D eigenvalue weighted by Crippen LogP contribution is -2.28. The van der Waals surface area contributed by atoms with Crippen molar-refractivity contribution in [2.45, 2.75) is 18.6 Å². The number of aliphatic hydroxyl groups is 1. The molecular formula is C17H20BrNO3. The topological polar surface area (TPSA) is 64.7 Å². The summed E-state index contributed by atoms with van der Waals surface area (Å²) >= 11 is 3.42. The summed E-state index contributed by atoms with van der Waals surface area (Å²) in [5.41, 5.74) is 8.01. The van der Waals surface area contributed by atoms with Crippen LogP contribution >= 0.6 is 15.9 Å². The van der Waals surface area contributed by atoms with E-state index in [1.54, 1.807) is 14.2 Å². The summed E-state index contributed by atoms with van der Waals surface area (Å²) in [6.07, 6.45) is -0.208. The Hall–Kier alpha value is -1.56. The van der Waals surface area contributed by atoms with Gasteiger partial charge in [-0.25, -0.2) is 0 Å². The summed E-state index contributed by atoms with van der Waals surface area (Å²) in [5.74, 6) is 1.24. The molecule has 2 aromatic carbocycles. The number of ether oxygens (including phenoxy) is 2. The molecule has 2 atom stereocenters. The third kappa shape index (κ3) is 3.80. The van der Waals surface area contributed by atoms with E-state index in [4.69, 9.17) is 15.2 Å². The highest BCUT2D eigenvalue weighted by Gasteiger charge is 2.20. The molecule has 0 radical (unpaired) electrons. The molecular weight excluding hydrogens is 346 g/mol. The van der Waals surface area contributed by atoms with Crippen molar-refractivity contribution >= 4 is 15.9 Å². The number of halogens is 1. The van der Waals surface area contributed by atoms with Crippen molar-refractivity contribution in [2.24, 2.45) is 5.73 Å². The minimum Gasteiger partial charge on any atom is -0.495 e. The third-order valence-corrected chi connectivity index (χ3v) is 4.34. The van der Waals surface area contributed by atoms with Crippen LogP contribution < -0.4 is 15.2 Å². The van der Waals surface area contributed by atoms with E-state index in [0.717, 1.165) is 15.6 Å². The number of hydrogen-bond donors (Lipinski definition) is 2. The van der Waals surface area contributed by atoms with Gasteiger partial charge in [0.15, 0.2) is 0 Å². The number of hydrogen-bond acceptors (Lipinski definition) is 4. The molecule has 118 valence electrons. The van der Waals surface area contributed by atoms with Gasteiger partial charge in [-0.05, 0) is 39.2 Å². The van der Waals surface area contributed by atoms with E-state index in [9.17, 15) is 5.11 Å². The van der Waals surface area contributed by atoms with E-state index in [-0.39, 0.29) is 0 Å². The predicted molar refractivity (Wildman–Crippen MR) is 90.3 cm³/mol. The standard InChI is InChI=1S/C17H20BrNO3/c1-21-14-9-12(10-15(22-2)16(14)18)17(19)13(20)8-11-6-4-3-5-7-11/h3-7,9-10,13,17,20H,8,19H2,1-2H3/t13-,17+/m1/s1. The van der Waals surface area contributed by atoms with Gasteiger partial charge >= 0.3 is 0 Å². The van der Waals surface area contributed by atoms with Gasteiger partial charge in [-0.15, -0.1) is 0 Å². The fourth-order valence-corrected chi connectivity index (χ4v) is 2.84. The number of methoxy groups -OCH3 is 2. The van der Waals surface area contributed by atoms with E-state index in [1.807, 2.05) is 42.5 Å². The molecule has 0 bridgehead atoms. The molecule has 0 heterocycles. The van der Waals surface area contributed by atoms with E-state index in [0.29, 0.717) is 17.9 Å². The molecule has 3 N–H and O–H groups in total. The SMILES string of the molecule is COc1cc([C@H](N)[C@H](O)Cc2ccccc2)cc(OC)c1Br. The molecule has 2 rings (SSSR count). The van der Waals surface area contributed by atoms with Gasteiger partial charge in [-0.3, -0.25) is 0 Å². The molecule has 0 aliphatic rings. The third-order valence-electron chi connectivity index (χ3n) is 3.56. The molecule has 0 unspecified atom stereocenters. The average molecular weight is 366 g/mol. The molecule has 0 amide bonds. The summed E-state index contributed by atoms with van der Waals surface area (Å²) in [6, 6.07) is 12.9. The molecule has 0 fully saturated rings. The maximum Gasteiger partial charge on any atom is 0.137 e. The van der Waals surface area contributed by atoms with Crippen molar-refractivity contribution in [1.82, 2.24) is 0 Å². The van der Waals surface area contributed by atoms with Crippen molar-refractivity contribution in [2.75, 3.05) is 14.2 Å². The van der Waals surface area contributed by atoms with Crippen LogP contribution in [0.3, 0.4) is 0 Å². The van der Waals surface area contributed by atoms with Crippen molar-refractivity contribution in [3.63, 3.8) is 0 Å². The van der Waals surface area contributed by atoms with Crippen LogP contribution in [0.2, 0.25) is 0 Å². The van der Waals surface area contributed by atoms with Gasteiger partial charge in [0.25, 0.3) is 0 Å². The first-order chi connectivity index (χ1) is 10.6. The van der Waals surface area contributed by atoms with Crippen LogP contribution in [0, 0.1) is 0 Å². The number of rotatable bonds is 6. The van der Waals surface area contributed by atoms with Crippen LogP contribution in [-0.4, -0.2) is 25.4 Å². The Kier molecular flexibility index (Phi) is 5.83. The van der Waals surface area contributed by atoms with Gasteiger partial charge in [-0.2, -0.15) is 0 Å². The molecule has 0 aliphatic carbocycles. The van der Waals surface area contributed by atoms with Crippen LogP contribution in [0.15, 0.2) is 46.9 Å². The highest BCUT2D eigenvalue weighted by molar-refractivity contribution is 9.10. The molecule has 0 aliphatic heterocycles. The monoisotopic (exact) mass is 365 g/mol. The zero-order valence-corrected chi connectivity index (χ0v) is 14.2. The van der Waals surface area contributed by atoms with Crippen molar-refractivity contribution in [3.8, 4) is 11.5 Å². The Morgan fingerprint density at radius 1 is 1.09 bits per heavy atom. The van der Waals surface area contributed by atoms with E-state index in [1.165, 1.54) is 0 Å². The first-order valence-corrected chi connectivity index (χ1v) is 7.75. The second-order valence-corrected chi connectivity index (χ2v) is 5.82. The van der Waals surface area contributed by atoms with E-state index < -0.39 is 12.1 Å². The highest BCUT2D eigenvalue weighted by Crippen LogP contribution is 2.37. The van der Waals surface area contributed by atoms with Crippen molar-refractivity contribution in [3.05, 3.63) is 58.1 Å². The molecule has 0 spiro atoms. The zero-order valence-electron chi connectivity index (χ0n) is 12.6. The molecule has 0 aromatic heterocycles. The summed E-state index contributed by atoms with van der Waals surface area (Å²) in [6.45, 7) is 0. The molecule has 22 heavy (non-hydrogen) atoms. The van der Waals surface area contributed by atoms with Crippen LogP contribution in [-0.2, 0) is 6.42 Å². The lowest BCUT2D eigenvalue weighted by Gasteiger charge is -2.21. The maximum absolute atomic E-state index is 10.4. The average Bonchev–Trinajstić information content (AvgIpc) is 2.55. The molecule has 0 saturated carbocycles. The fraction of sp³-hybridized carbons (Fsp3) is 0.294. The fourth-order valence-electron chi connectivity index (χ4n) is 2.29. The van der Waals surface area contributed by atoms with Crippen LogP contribution in [0.25, 0.3) is 0 Å². The van der Waals surface area contributed by atoms with Gasteiger partial charge in [0.1, 0.15) is 16.0 Å². The normalized spacial score (nSPS) is 13.5. The molecule has 0 saturated heterocycles. The second-order valence-electron chi connectivity index (χ2n) is 5.02. The Labute approximate surface area is 139 Å². The van der Waals surface area contributed by atoms with Crippen molar-refractivity contribution < 1.29 is 14.6 Å².